The zero-order chi connectivity index (χ0) is 33.6. The average Bonchev–Trinajstić information content (AvgIpc) is 3.99. The van der Waals surface area contributed by atoms with Gasteiger partial charge in [0.1, 0.15) is 0 Å². The van der Waals surface area contributed by atoms with Gasteiger partial charge in [-0.15, -0.1) is 34.0 Å². The lowest BCUT2D eigenvalue weighted by Crippen LogP contribution is -1.91. The van der Waals surface area contributed by atoms with Crippen molar-refractivity contribution in [3.63, 3.8) is 0 Å². The van der Waals surface area contributed by atoms with Gasteiger partial charge in [-0.25, -0.2) is 15.0 Å². The lowest BCUT2D eigenvalue weighted by molar-refractivity contribution is -0.384. The Labute approximate surface area is 297 Å². The van der Waals surface area contributed by atoms with E-state index in [1.165, 1.54) is 70.9 Å². The minimum atomic E-state index is -0.355. The Balaban J connectivity index is 0.000000101. The summed E-state index contributed by atoms with van der Waals surface area (Å²) in [4.78, 5) is 27.0. The first kappa shape index (κ1) is 30.3. The molecule has 0 aliphatic heterocycles. The summed E-state index contributed by atoms with van der Waals surface area (Å²) >= 11 is 4.97. The maximum absolute atomic E-state index is 11.0. The summed E-state index contributed by atoms with van der Waals surface area (Å²) < 4.78 is 3.64. The van der Waals surface area contributed by atoms with Crippen LogP contribution in [0.5, 0.6) is 0 Å². The van der Waals surface area contributed by atoms with E-state index in [9.17, 15) is 10.1 Å². The van der Waals surface area contributed by atoms with Gasteiger partial charge in [0.15, 0.2) is 0 Å². The average molecular weight is 704 g/mol. The van der Waals surface area contributed by atoms with Crippen LogP contribution in [-0.2, 0) is 6.42 Å². The number of benzene rings is 6. The Morgan fingerprint density at radius 2 is 1.30 bits per heavy atom. The van der Waals surface area contributed by atoms with Gasteiger partial charge in [-0.3, -0.25) is 10.1 Å². The van der Waals surface area contributed by atoms with Gasteiger partial charge in [0, 0.05) is 34.3 Å². The third-order valence-electron chi connectivity index (χ3n) is 8.98. The molecule has 4 heterocycles. The van der Waals surface area contributed by atoms with Crippen LogP contribution in [0.3, 0.4) is 0 Å². The molecule has 10 heteroatoms. The summed E-state index contributed by atoms with van der Waals surface area (Å²) in [5, 5.41) is 13.6. The number of nitro groups is 1. The van der Waals surface area contributed by atoms with Gasteiger partial charge in [-0.1, -0.05) is 66.7 Å². The summed E-state index contributed by atoms with van der Waals surface area (Å²) in [5.74, 6) is 0. The minimum Gasteiger partial charge on any atom is -0.354 e. The second-order valence-electron chi connectivity index (χ2n) is 11.8. The molecule has 0 unspecified atom stereocenters. The highest BCUT2D eigenvalue weighted by molar-refractivity contribution is 7.17. The first-order valence-electron chi connectivity index (χ1n) is 15.8. The highest BCUT2D eigenvalue weighted by Gasteiger charge is 2.20. The largest absolute Gasteiger partial charge is 0.354 e. The molecule has 1 aliphatic rings. The number of nitrogens with one attached hydrogen (secondary N) is 1. The highest BCUT2D eigenvalue weighted by Crippen LogP contribution is 2.41. The van der Waals surface area contributed by atoms with Crippen LogP contribution in [0.2, 0.25) is 0 Å². The minimum absolute atomic E-state index is 0.126. The molecule has 1 N–H and O–H groups in total. The van der Waals surface area contributed by atoms with Gasteiger partial charge in [0.2, 0.25) is 0 Å². The summed E-state index contributed by atoms with van der Waals surface area (Å²) in [5.41, 5.74) is 18.4. The van der Waals surface area contributed by atoms with E-state index in [1.54, 1.807) is 46.4 Å². The molecule has 0 spiro atoms. The van der Waals surface area contributed by atoms with Crippen LogP contribution in [0.15, 0.2) is 132 Å². The molecule has 0 amide bonds. The number of hydrogen-bond donors (Lipinski definition) is 1. The van der Waals surface area contributed by atoms with Crippen LogP contribution in [0, 0.1) is 10.1 Å². The summed E-state index contributed by atoms with van der Waals surface area (Å²) in [6.07, 6.45) is 1.06. The highest BCUT2D eigenvalue weighted by atomic mass is 32.1. The number of fused-ring (bicyclic) bond motifs is 10. The molecule has 7 nitrogen and oxygen atoms in total. The first-order valence-corrected chi connectivity index (χ1v) is 18.5. The Bertz CT molecular complexity index is 2870. The van der Waals surface area contributed by atoms with Crippen LogP contribution in [0.25, 0.3) is 74.7 Å². The lowest BCUT2D eigenvalue weighted by Gasteiger charge is -2.02. The van der Waals surface area contributed by atoms with Crippen molar-refractivity contribution in [3.8, 4) is 22.3 Å². The van der Waals surface area contributed by atoms with Crippen molar-refractivity contribution in [2.75, 3.05) is 0 Å². The topological polar surface area (TPSA) is 97.6 Å². The van der Waals surface area contributed by atoms with Gasteiger partial charge in [0.25, 0.3) is 5.69 Å². The number of rotatable bonds is 2. The van der Waals surface area contributed by atoms with Crippen molar-refractivity contribution in [1.82, 2.24) is 19.9 Å². The molecule has 0 saturated carbocycles. The Morgan fingerprint density at radius 1 is 0.600 bits per heavy atom. The summed E-state index contributed by atoms with van der Waals surface area (Å²) in [6, 6.07) is 38.2. The number of nitrogens with zero attached hydrogens (tertiary/aromatic N) is 4. The van der Waals surface area contributed by atoms with Gasteiger partial charge >= 0.3 is 0 Å². The van der Waals surface area contributed by atoms with E-state index in [2.05, 4.69) is 92.7 Å². The van der Waals surface area contributed by atoms with Gasteiger partial charge < -0.3 is 4.98 Å². The van der Waals surface area contributed by atoms with Gasteiger partial charge in [-0.2, -0.15) is 0 Å². The Kier molecular flexibility index (Phi) is 7.61. The summed E-state index contributed by atoms with van der Waals surface area (Å²) in [6.45, 7) is 0. The van der Waals surface area contributed by atoms with Crippen LogP contribution >= 0.6 is 34.0 Å². The molecule has 1 aliphatic carbocycles. The molecule has 0 bridgehead atoms. The van der Waals surface area contributed by atoms with Gasteiger partial charge in [-0.05, 0) is 70.3 Å². The van der Waals surface area contributed by atoms with E-state index >= 15 is 0 Å². The van der Waals surface area contributed by atoms with E-state index in [1.807, 2.05) is 29.2 Å². The Morgan fingerprint density at radius 3 is 2.18 bits per heavy atom. The first-order chi connectivity index (χ1) is 24.6. The van der Waals surface area contributed by atoms with E-state index < -0.39 is 0 Å². The van der Waals surface area contributed by atoms with E-state index in [4.69, 9.17) is 0 Å². The predicted molar refractivity (Wildman–Crippen MR) is 209 cm³/mol. The number of aromatic amines is 1. The molecule has 0 radical (unpaired) electrons. The van der Waals surface area contributed by atoms with Crippen molar-refractivity contribution in [2.45, 2.75) is 6.42 Å². The molecular formula is C40H25N5O2S3. The number of thiazole rings is 3. The smallest absolute Gasteiger partial charge is 0.277 e. The van der Waals surface area contributed by atoms with Crippen molar-refractivity contribution >= 4 is 92.2 Å². The van der Waals surface area contributed by atoms with Crippen LogP contribution in [0.1, 0.15) is 11.1 Å². The molecule has 240 valence electrons. The molecule has 6 aromatic carbocycles. The van der Waals surface area contributed by atoms with E-state index in [0.717, 1.165) is 33.2 Å². The van der Waals surface area contributed by atoms with Crippen LogP contribution < -0.4 is 0 Å². The van der Waals surface area contributed by atoms with Crippen molar-refractivity contribution < 1.29 is 4.92 Å². The lowest BCUT2D eigenvalue weighted by atomic mass is 10.0. The molecule has 4 aromatic heterocycles. The van der Waals surface area contributed by atoms with Crippen molar-refractivity contribution in [2.24, 2.45) is 0 Å². The number of H-pyrrole nitrogens is 1. The molecular weight excluding hydrogens is 679 g/mol. The zero-order valence-corrected chi connectivity index (χ0v) is 28.7. The molecule has 50 heavy (non-hydrogen) atoms. The quantitative estimate of drug-likeness (QED) is 0.143. The molecule has 0 fully saturated rings. The predicted octanol–water partition coefficient (Wildman–Crippen LogP) is 11.7. The number of aromatic nitrogens is 4. The molecule has 0 atom stereocenters. The maximum atomic E-state index is 11.0. The maximum Gasteiger partial charge on any atom is 0.277 e. The number of hydrogen-bond acceptors (Lipinski definition) is 8. The van der Waals surface area contributed by atoms with Crippen molar-refractivity contribution in [3.05, 3.63) is 153 Å². The van der Waals surface area contributed by atoms with Crippen molar-refractivity contribution in [1.29, 1.82) is 0 Å². The standard InChI is InChI=1S/C14H9NS.C13H8N2O2S.C13H8N2S/c1-2-4-10-9(3-1)7-12-11(10)5-6-13-14(12)16-8-15-13;16-15(17)12-4-2-1-3-10(12)9-5-6-11-13(7-9)18-8-14-11;1-2-4-10-8(3-1)9-5-13-12(14-7-16-13)6-11(9)15-10/h1-6,8H,7H2;1-8H;1-7,15H. The monoisotopic (exact) mass is 703 g/mol. The SMILES string of the molecule is O=[N+]([O-])c1ccccc1-c1ccc2ncsc2c1.c1ccc2c(c1)Cc1c-2ccc2ncsc12.c1ccc2c(c1)[nH]c1cc3ncsc3cc12. The number of para-hydroxylation sites is 2. The van der Waals surface area contributed by atoms with Gasteiger partial charge in [0.05, 0.1) is 57.7 Å². The van der Waals surface area contributed by atoms with Crippen LogP contribution in [0.4, 0.5) is 5.69 Å². The molecule has 0 saturated heterocycles. The Hall–Kier alpha value is -5.81. The molecule has 11 rings (SSSR count). The summed E-state index contributed by atoms with van der Waals surface area (Å²) in [7, 11) is 0. The van der Waals surface area contributed by atoms with E-state index in [-0.39, 0.29) is 10.6 Å². The second-order valence-corrected chi connectivity index (χ2v) is 14.5. The number of nitro benzene ring substituents is 1. The molecule has 10 aromatic rings. The third-order valence-corrected chi connectivity index (χ3v) is 11.5. The fraction of sp³-hybridized carbons (Fsp3) is 0.0250. The normalized spacial score (nSPS) is 11.7. The van der Waals surface area contributed by atoms with E-state index in [0.29, 0.717) is 5.56 Å². The van der Waals surface area contributed by atoms with Crippen LogP contribution in [-0.4, -0.2) is 24.9 Å². The fourth-order valence-corrected chi connectivity index (χ4v) is 8.89. The fourth-order valence-electron chi connectivity index (χ4n) is 6.64. The second kappa shape index (κ2) is 12.6. The zero-order valence-electron chi connectivity index (χ0n) is 26.2. The third kappa shape index (κ3) is 5.39.